The van der Waals surface area contributed by atoms with Gasteiger partial charge in [0.2, 0.25) is 0 Å². The number of carbonyl (C=O) groups is 1. The number of para-hydroxylation sites is 1. The first-order valence-electron chi connectivity index (χ1n) is 5.66. The molecule has 0 radical (unpaired) electrons. The number of amides is 1. The van der Waals surface area contributed by atoms with E-state index in [1.165, 1.54) is 0 Å². The summed E-state index contributed by atoms with van der Waals surface area (Å²) in [6, 6.07) is 5.64. The van der Waals surface area contributed by atoms with Crippen molar-refractivity contribution in [2.75, 3.05) is 6.54 Å². The van der Waals surface area contributed by atoms with E-state index in [0.717, 1.165) is 5.56 Å². The number of hydrogen-bond donors (Lipinski definition) is 1. The molecular weight excluding hydrogens is 214 g/mol. The van der Waals surface area contributed by atoms with Crippen molar-refractivity contribution in [1.29, 1.82) is 0 Å². The Bertz CT molecular complexity index is 487. The van der Waals surface area contributed by atoms with Crippen LogP contribution in [-0.2, 0) is 0 Å². The number of fused-ring (bicyclic) bond motifs is 1. The molecule has 0 saturated heterocycles. The third-order valence-electron chi connectivity index (χ3n) is 3.14. The molecule has 0 aromatic heterocycles. The molecule has 0 spiro atoms. The van der Waals surface area contributed by atoms with Crippen molar-refractivity contribution in [2.45, 2.75) is 25.9 Å². The molecule has 1 aliphatic heterocycles. The number of benzene rings is 1. The molecule has 1 aromatic rings. The maximum atomic E-state index is 11.9. The molecule has 3 nitrogen and oxygen atoms in total. The van der Waals surface area contributed by atoms with Gasteiger partial charge in [0.05, 0.1) is 12.1 Å². The number of carbonyl (C=O) groups excluding carboxylic acids is 1. The molecule has 0 bridgehead atoms. The summed E-state index contributed by atoms with van der Waals surface area (Å²) in [6.45, 7) is 4.33. The minimum absolute atomic E-state index is 0.103. The van der Waals surface area contributed by atoms with Crippen molar-refractivity contribution in [3.8, 4) is 18.1 Å². The summed E-state index contributed by atoms with van der Waals surface area (Å²) in [5.74, 6) is 3.21. The van der Waals surface area contributed by atoms with E-state index in [4.69, 9.17) is 11.2 Å². The van der Waals surface area contributed by atoms with Crippen LogP contribution in [0, 0.1) is 12.3 Å². The van der Waals surface area contributed by atoms with Crippen LogP contribution < -0.4 is 10.1 Å². The molecule has 2 rings (SSSR count). The van der Waals surface area contributed by atoms with Crippen molar-refractivity contribution < 1.29 is 9.53 Å². The highest BCUT2D eigenvalue weighted by atomic mass is 16.5. The quantitative estimate of drug-likeness (QED) is 0.787. The number of nitrogens with one attached hydrogen (secondary N) is 1. The van der Waals surface area contributed by atoms with Crippen molar-refractivity contribution in [1.82, 2.24) is 5.32 Å². The molecular formula is C14H15NO2. The van der Waals surface area contributed by atoms with Gasteiger partial charge in [-0.05, 0) is 13.0 Å². The summed E-state index contributed by atoms with van der Waals surface area (Å²) in [7, 11) is 0. The van der Waals surface area contributed by atoms with Crippen LogP contribution in [0.2, 0.25) is 0 Å². The van der Waals surface area contributed by atoms with E-state index in [9.17, 15) is 4.79 Å². The summed E-state index contributed by atoms with van der Waals surface area (Å²) in [4.78, 5) is 11.9. The maximum Gasteiger partial charge on any atom is 0.255 e. The number of terminal acetylenes is 1. The molecule has 0 saturated carbocycles. The molecule has 0 fully saturated rings. The van der Waals surface area contributed by atoms with Crippen LogP contribution in [0.4, 0.5) is 0 Å². The van der Waals surface area contributed by atoms with Gasteiger partial charge in [-0.15, -0.1) is 6.42 Å². The Kier molecular flexibility index (Phi) is 3.06. The zero-order chi connectivity index (χ0) is 12.4. The molecule has 88 valence electrons. The average Bonchev–Trinajstić information content (AvgIpc) is 2.62. The van der Waals surface area contributed by atoms with Gasteiger partial charge in [-0.2, -0.15) is 0 Å². The van der Waals surface area contributed by atoms with E-state index in [1.807, 2.05) is 19.1 Å². The first kappa shape index (κ1) is 11.5. The Hall–Kier alpha value is -1.95. The van der Waals surface area contributed by atoms with E-state index in [0.29, 0.717) is 17.2 Å². The van der Waals surface area contributed by atoms with Crippen molar-refractivity contribution in [2.24, 2.45) is 0 Å². The molecule has 1 heterocycles. The highest BCUT2D eigenvalue weighted by Gasteiger charge is 2.30. The molecule has 1 aliphatic rings. The molecule has 2 atom stereocenters. The van der Waals surface area contributed by atoms with Crippen molar-refractivity contribution >= 4 is 5.91 Å². The fourth-order valence-electron chi connectivity index (χ4n) is 1.99. The summed E-state index contributed by atoms with van der Waals surface area (Å²) in [6.07, 6.45) is 5.22. The lowest BCUT2D eigenvalue weighted by Gasteiger charge is -2.08. The second-order valence-electron chi connectivity index (χ2n) is 4.22. The smallest absolute Gasteiger partial charge is 0.255 e. The monoisotopic (exact) mass is 229 g/mol. The predicted molar refractivity (Wildman–Crippen MR) is 66.1 cm³/mol. The Balaban J connectivity index is 2.33. The zero-order valence-corrected chi connectivity index (χ0v) is 9.99. The van der Waals surface area contributed by atoms with Crippen molar-refractivity contribution in [3.05, 3.63) is 29.3 Å². The van der Waals surface area contributed by atoms with Crippen LogP contribution in [0.15, 0.2) is 18.2 Å². The molecule has 3 heteroatoms. The summed E-state index contributed by atoms with van der Waals surface area (Å²) in [5.41, 5.74) is 1.65. The normalized spacial score (nSPS) is 21.2. The van der Waals surface area contributed by atoms with Crippen molar-refractivity contribution in [3.63, 3.8) is 0 Å². The van der Waals surface area contributed by atoms with Gasteiger partial charge in [0, 0.05) is 11.5 Å². The summed E-state index contributed by atoms with van der Waals surface area (Å²) >= 11 is 0. The minimum atomic E-state index is -0.180. The van der Waals surface area contributed by atoms with Gasteiger partial charge < -0.3 is 10.1 Å². The molecule has 2 unspecified atom stereocenters. The topological polar surface area (TPSA) is 38.3 Å². The average molecular weight is 229 g/mol. The van der Waals surface area contributed by atoms with Crippen LogP contribution in [-0.4, -0.2) is 18.6 Å². The van der Waals surface area contributed by atoms with Crippen LogP contribution in [0.5, 0.6) is 5.75 Å². The fourth-order valence-corrected chi connectivity index (χ4v) is 1.99. The highest BCUT2D eigenvalue weighted by Crippen LogP contribution is 2.40. The third-order valence-corrected chi connectivity index (χ3v) is 3.14. The Morgan fingerprint density at radius 1 is 1.53 bits per heavy atom. The zero-order valence-electron chi connectivity index (χ0n) is 9.99. The van der Waals surface area contributed by atoms with E-state index >= 15 is 0 Å². The lowest BCUT2D eigenvalue weighted by molar-refractivity contribution is 0.0953. The van der Waals surface area contributed by atoms with E-state index in [-0.39, 0.29) is 18.6 Å². The van der Waals surface area contributed by atoms with Crippen LogP contribution in [0.3, 0.4) is 0 Å². The van der Waals surface area contributed by atoms with Gasteiger partial charge in [0.1, 0.15) is 11.9 Å². The number of ether oxygens (including phenoxy) is 1. The second-order valence-corrected chi connectivity index (χ2v) is 4.22. The Labute approximate surface area is 101 Å². The molecule has 1 N–H and O–H groups in total. The van der Waals surface area contributed by atoms with Gasteiger partial charge in [0.15, 0.2) is 0 Å². The molecule has 0 aliphatic carbocycles. The largest absolute Gasteiger partial charge is 0.489 e. The Morgan fingerprint density at radius 3 is 3.00 bits per heavy atom. The lowest BCUT2D eigenvalue weighted by atomic mass is 9.97. The standard InChI is InChI=1S/C14H15NO2/c1-4-8-15-14(16)12-7-5-6-11-9(2)10(3)17-13(11)12/h1,5-7,9-10H,8H2,2-3H3,(H,15,16). The van der Waals surface area contributed by atoms with Gasteiger partial charge in [-0.1, -0.05) is 25.0 Å². The van der Waals surface area contributed by atoms with E-state index in [1.54, 1.807) is 6.07 Å². The second kappa shape index (κ2) is 4.50. The first-order valence-corrected chi connectivity index (χ1v) is 5.66. The summed E-state index contributed by atoms with van der Waals surface area (Å²) in [5, 5.41) is 2.65. The van der Waals surface area contributed by atoms with E-state index < -0.39 is 0 Å². The first-order chi connectivity index (χ1) is 8.15. The van der Waals surface area contributed by atoms with Gasteiger partial charge in [-0.3, -0.25) is 4.79 Å². The van der Waals surface area contributed by atoms with E-state index in [2.05, 4.69) is 18.2 Å². The third kappa shape index (κ3) is 1.99. The van der Waals surface area contributed by atoms with Gasteiger partial charge in [0.25, 0.3) is 5.91 Å². The molecule has 17 heavy (non-hydrogen) atoms. The van der Waals surface area contributed by atoms with Crippen LogP contribution >= 0.6 is 0 Å². The van der Waals surface area contributed by atoms with Crippen LogP contribution in [0.25, 0.3) is 0 Å². The predicted octanol–water partition coefficient (Wildman–Crippen LogP) is 1.93. The van der Waals surface area contributed by atoms with Crippen LogP contribution in [0.1, 0.15) is 35.7 Å². The maximum absolute atomic E-state index is 11.9. The lowest BCUT2D eigenvalue weighted by Crippen LogP contribution is -2.24. The fraction of sp³-hybridized carbons (Fsp3) is 0.357. The Morgan fingerprint density at radius 2 is 2.29 bits per heavy atom. The summed E-state index contributed by atoms with van der Waals surface area (Å²) < 4.78 is 5.74. The van der Waals surface area contributed by atoms with Gasteiger partial charge >= 0.3 is 0 Å². The molecule has 1 amide bonds. The highest BCUT2D eigenvalue weighted by molar-refractivity contribution is 5.97. The SMILES string of the molecule is C#CCNC(=O)c1cccc2c1OC(C)C2C. The van der Waals surface area contributed by atoms with Gasteiger partial charge in [-0.25, -0.2) is 0 Å². The number of hydrogen-bond acceptors (Lipinski definition) is 2. The minimum Gasteiger partial charge on any atom is -0.489 e. The number of rotatable bonds is 2. The molecule has 1 aromatic carbocycles.